The lowest BCUT2D eigenvalue weighted by Crippen LogP contribution is -2.17. The van der Waals surface area contributed by atoms with Crippen molar-refractivity contribution in [2.45, 2.75) is 6.92 Å². The largest absolute Gasteiger partial charge is 0.291 e. The maximum atomic E-state index is 11.6. The summed E-state index contributed by atoms with van der Waals surface area (Å²) in [5, 5.41) is 10.4. The Bertz CT molecular complexity index is 591. The monoisotopic (exact) mass is 306 g/mol. The van der Waals surface area contributed by atoms with E-state index in [2.05, 4.69) is 36.7 Å². The van der Waals surface area contributed by atoms with Crippen molar-refractivity contribution < 1.29 is 4.79 Å². The molecule has 0 saturated heterocycles. The second-order valence-electron chi connectivity index (χ2n) is 3.69. The lowest BCUT2D eigenvalue weighted by molar-refractivity contribution is 0.0950. The smallest absolute Gasteiger partial charge is 0.282 e. The predicted molar refractivity (Wildman–Crippen MR) is 72.5 cm³/mol. The third-order valence-corrected chi connectivity index (χ3v) is 2.66. The highest BCUT2D eigenvalue weighted by Crippen LogP contribution is 2.09. The Hall–Kier alpha value is -1.95. The topological polar surface area (TPSA) is 70.1 Å². The Morgan fingerprint density at radius 1 is 1.50 bits per heavy atom. The molecule has 0 aliphatic carbocycles. The number of rotatable bonds is 3. The number of hydrazone groups is 1. The highest BCUT2D eigenvalue weighted by atomic mass is 79.9. The molecule has 2 rings (SSSR count). The quantitative estimate of drug-likeness (QED) is 0.674. The first-order valence-corrected chi connectivity index (χ1v) is 6.05. The molecule has 0 saturated carbocycles. The number of hydrogen-bond acceptors (Lipinski definition) is 3. The van der Waals surface area contributed by atoms with Gasteiger partial charge < -0.3 is 0 Å². The standard InChI is InChI=1S/C12H11BrN4O/c1-8-5-11(16-15-8)12(18)17-14-7-9-3-2-4-10(13)6-9/h2-7H,1H3,(H,15,16)(H,17,18)/b14-7+. The fourth-order valence-electron chi connectivity index (χ4n) is 1.34. The van der Waals surface area contributed by atoms with Gasteiger partial charge in [-0.25, -0.2) is 5.43 Å². The van der Waals surface area contributed by atoms with Gasteiger partial charge in [-0.15, -0.1) is 0 Å². The van der Waals surface area contributed by atoms with Crippen LogP contribution in [-0.2, 0) is 0 Å². The summed E-state index contributed by atoms with van der Waals surface area (Å²) in [6, 6.07) is 9.25. The van der Waals surface area contributed by atoms with Crippen molar-refractivity contribution >= 4 is 28.1 Å². The third kappa shape index (κ3) is 3.27. The minimum absolute atomic E-state index is 0.318. The van der Waals surface area contributed by atoms with E-state index in [1.807, 2.05) is 31.2 Å². The van der Waals surface area contributed by atoms with Crippen LogP contribution in [0.4, 0.5) is 0 Å². The molecule has 6 heteroatoms. The van der Waals surface area contributed by atoms with E-state index in [0.29, 0.717) is 5.69 Å². The lowest BCUT2D eigenvalue weighted by Gasteiger charge is -1.96. The molecule has 0 radical (unpaired) electrons. The summed E-state index contributed by atoms with van der Waals surface area (Å²) in [6.07, 6.45) is 1.57. The van der Waals surface area contributed by atoms with E-state index in [1.54, 1.807) is 12.3 Å². The van der Waals surface area contributed by atoms with Crippen LogP contribution in [0.25, 0.3) is 0 Å². The van der Waals surface area contributed by atoms with E-state index in [4.69, 9.17) is 0 Å². The second-order valence-corrected chi connectivity index (χ2v) is 4.61. The number of nitrogens with one attached hydrogen (secondary N) is 2. The van der Waals surface area contributed by atoms with Crippen molar-refractivity contribution in [1.82, 2.24) is 15.6 Å². The molecule has 0 unspecified atom stereocenters. The van der Waals surface area contributed by atoms with Crippen LogP contribution in [0.2, 0.25) is 0 Å². The van der Waals surface area contributed by atoms with Crippen molar-refractivity contribution in [1.29, 1.82) is 0 Å². The van der Waals surface area contributed by atoms with Crippen LogP contribution in [0, 0.1) is 6.92 Å². The van der Waals surface area contributed by atoms with E-state index in [-0.39, 0.29) is 5.91 Å². The highest BCUT2D eigenvalue weighted by Gasteiger charge is 2.07. The number of hydrogen-bond donors (Lipinski definition) is 2. The number of amides is 1. The number of aryl methyl sites for hydroxylation is 1. The molecular weight excluding hydrogens is 296 g/mol. The van der Waals surface area contributed by atoms with E-state index in [9.17, 15) is 4.79 Å². The summed E-state index contributed by atoms with van der Waals surface area (Å²) < 4.78 is 0.959. The number of carbonyl (C=O) groups excluding carboxylic acids is 1. The molecule has 0 spiro atoms. The second kappa shape index (κ2) is 5.59. The van der Waals surface area contributed by atoms with Gasteiger partial charge in [-0.05, 0) is 30.7 Å². The molecule has 5 nitrogen and oxygen atoms in total. The first-order valence-electron chi connectivity index (χ1n) is 5.26. The number of H-pyrrole nitrogens is 1. The highest BCUT2D eigenvalue weighted by molar-refractivity contribution is 9.10. The minimum atomic E-state index is -0.342. The molecule has 0 aliphatic rings. The Balaban J connectivity index is 1.97. The number of carbonyl (C=O) groups is 1. The predicted octanol–water partition coefficient (Wildman–Crippen LogP) is 2.24. The summed E-state index contributed by atoms with van der Waals surface area (Å²) in [4.78, 5) is 11.6. The van der Waals surface area contributed by atoms with E-state index < -0.39 is 0 Å². The SMILES string of the molecule is Cc1cc(C(=O)N/N=C/c2cccc(Br)c2)n[nH]1. The molecule has 1 aromatic heterocycles. The van der Waals surface area contributed by atoms with Gasteiger partial charge in [0.25, 0.3) is 5.91 Å². The number of benzene rings is 1. The summed E-state index contributed by atoms with van der Waals surface area (Å²) in [5.74, 6) is -0.342. The minimum Gasteiger partial charge on any atom is -0.282 e. The molecule has 92 valence electrons. The van der Waals surface area contributed by atoms with Crippen molar-refractivity contribution in [2.24, 2.45) is 5.10 Å². The number of aromatic amines is 1. The number of nitrogens with zero attached hydrogens (tertiary/aromatic N) is 2. The molecule has 0 bridgehead atoms. The first kappa shape index (κ1) is 12.5. The maximum absolute atomic E-state index is 11.6. The average Bonchev–Trinajstić information content (AvgIpc) is 2.76. The average molecular weight is 307 g/mol. The fraction of sp³-hybridized carbons (Fsp3) is 0.0833. The Morgan fingerprint density at radius 3 is 3.00 bits per heavy atom. The molecule has 0 aliphatic heterocycles. The molecule has 1 amide bonds. The number of halogens is 1. The van der Waals surface area contributed by atoms with Crippen molar-refractivity contribution in [3.63, 3.8) is 0 Å². The summed E-state index contributed by atoms with van der Waals surface area (Å²) in [5.41, 5.74) is 4.45. The summed E-state index contributed by atoms with van der Waals surface area (Å²) >= 11 is 3.36. The van der Waals surface area contributed by atoms with Gasteiger partial charge in [0, 0.05) is 10.2 Å². The van der Waals surface area contributed by atoms with Gasteiger partial charge in [0.1, 0.15) is 0 Å². The van der Waals surface area contributed by atoms with Crippen LogP contribution in [0.3, 0.4) is 0 Å². The molecule has 18 heavy (non-hydrogen) atoms. The zero-order valence-electron chi connectivity index (χ0n) is 9.64. The van der Waals surface area contributed by atoms with Crippen LogP contribution in [0.5, 0.6) is 0 Å². The van der Waals surface area contributed by atoms with Gasteiger partial charge in [-0.2, -0.15) is 10.2 Å². The lowest BCUT2D eigenvalue weighted by atomic mass is 10.2. The zero-order chi connectivity index (χ0) is 13.0. The summed E-state index contributed by atoms with van der Waals surface area (Å²) in [6.45, 7) is 1.83. The molecule has 2 aromatic rings. The maximum Gasteiger partial charge on any atom is 0.291 e. The first-order chi connectivity index (χ1) is 8.65. The van der Waals surface area contributed by atoms with Crippen LogP contribution in [0.1, 0.15) is 21.7 Å². The summed E-state index contributed by atoms with van der Waals surface area (Å²) in [7, 11) is 0. The number of aromatic nitrogens is 2. The normalized spacial score (nSPS) is 10.8. The fourth-order valence-corrected chi connectivity index (χ4v) is 1.76. The van der Waals surface area contributed by atoms with Gasteiger partial charge in [0.15, 0.2) is 5.69 Å². The van der Waals surface area contributed by atoms with Gasteiger partial charge in [-0.1, -0.05) is 28.1 Å². The van der Waals surface area contributed by atoms with Crippen LogP contribution in [0.15, 0.2) is 39.9 Å². The molecule has 0 atom stereocenters. The molecule has 1 heterocycles. The molecular formula is C12H11BrN4O. The van der Waals surface area contributed by atoms with Crippen LogP contribution < -0.4 is 5.43 Å². The van der Waals surface area contributed by atoms with E-state index in [0.717, 1.165) is 15.7 Å². The Morgan fingerprint density at radius 2 is 2.33 bits per heavy atom. The molecule has 1 aromatic carbocycles. The third-order valence-electron chi connectivity index (χ3n) is 2.17. The van der Waals surface area contributed by atoms with E-state index >= 15 is 0 Å². The zero-order valence-corrected chi connectivity index (χ0v) is 11.2. The molecule has 0 fully saturated rings. The van der Waals surface area contributed by atoms with Gasteiger partial charge >= 0.3 is 0 Å². The van der Waals surface area contributed by atoms with Crippen molar-refractivity contribution in [3.8, 4) is 0 Å². The van der Waals surface area contributed by atoms with Crippen molar-refractivity contribution in [2.75, 3.05) is 0 Å². The van der Waals surface area contributed by atoms with Crippen LogP contribution >= 0.6 is 15.9 Å². The van der Waals surface area contributed by atoms with Crippen molar-refractivity contribution in [3.05, 3.63) is 51.8 Å². The van der Waals surface area contributed by atoms with Crippen LogP contribution in [-0.4, -0.2) is 22.3 Å². The Kier molecular flexibility index (Phi) is 3.88. The Labute approximate surface area is 112 Å². The molecule has 2 N–H and O–H groups in total. The van der Waals surface area contributed by atoms with Gasteiger partial charge in [-0.3, -0.25) is 9.89 Å². The van der Waals surface area contributed by atoms with Gasteiger partial charge in [0.05, 0.1) is 6.21 Å². The van der Waals surface area contributed by atoms with E-state index in [1.165, 1.54) is 0 Å². The van der Waals surface area contributed by atoms with Gasteiger partial charge in [0.2, 0.25) is 0 Å².